The highest BCUT2D eigenvalue weighted by atomic mass is 32.2. The van der Waals surface area contributed by atoms with Gasteiger partial charge in [0.1, 0.15) is 5.75 Å². The van der Waals surface area contributed by atoms with Crippen LogP contribution >= 0.6 is 11.8 Å². The maximum atomic E-state index is 5.38. The van der Waals surface area contributed by atoms with Gasteiger partial charge in [0.25, 0.3) is 0 Å². The molecule has 0 spiro atoms. The Morgan fingerprint density at radius 3 is 2.79 bits per heavy atom. The van der Waals surface area contributed by atoms with E-state index in [9.17, 15) is 0 Å². The number of benzene rings is 1. The molecule has 0 aromatic heterocycles. The Morgan fingerprint density at radius 2 is 2.05 bits per heavy atom. The highest BCUT2D eigenvalue weighted by molar-refractivity contribution is 7.99. The van der Waals surface area contributed by atoms with Gasteiger partial charge in [-0.05, 0) is 37.4 Å². The summed E-state index contributed by atoms with van der Waals surface area (Å²) < 4.78 is 5.38. The Labute approximate surface area is 121 Å². The zero-order chi connectivity index (χ0) is 13.5. The van der Waals surface area contributed by atoms with E-state index in [0.29, 0.717) is 5.92 Å². The van der Waals surface area contributed by atoms with Crippen molar-refractivity contribution in [3.05, 3.63) is 24.3 Å². The summed E-state index contributed by atoms with van der Waals surface area (Å²) in [6.45, 7) is 3.46. The molecule has 0 heterocycles. The van der Waals surface area contributed by atoms with Crippen LogP contribution in [-0.4, -0.2) is 25.4 Å². The van der Waals surface area contributed by atoms with E-state index < -0.39 is 0 Å². The second kappa shape index (κ2) is 7.81. The van der Waals surface area contributed by atoms with Crippen molar-refractivity contribution in [3.8, 4) is 5.75 Å². The van der Waals surface area contributed by atoms with E-state index in [1.165, 1.54) is 30.6 Å². The second-order valence-electron chi connectivity index (χ2n) is 5.46. The molecule has 0 saturated heterocycles. The molecule has 1 aliphatic rings. The monoisotopic (exact) mass is 279 g/mol. The molecule has 2 nitrogen and oxygen atoms in total. The van der Waals surface area contributed by atoms with E-state index in [1.807, 2.05) is 23.9 Å². The van der Waals surface area contributed by atoms with Crippen LogP contribution < -0.4 is 10.1 Å². The number of nitrogens with one attached hydrogen (secondary N) is 1. The molecule has 19 heavy (non-hydrogen) atoms. The Bertz CT molecular complexity index is 377. The van der Waals surface area contributed by atoms with Gasteiger partial charge in [-0.15, -0.1) is 11.8 Å². The maximum Gasteiger partial charge on any atom is 0.132 e. The average molecular weight is 279 g/mol. The molecule has 0 amide bonds. The lowest BCUT2D eigenvalue weighted by Gasteiger charge is -2.17. The number of rotatable bonds is 7. The summed E-state index contributed by atoms with van der Waals surface area (Å²) >= 11 is 1.90. The molecule has 1 unspecified atom stereocenters. The molecule has 106 valence electrons. The topological polar surface area (TPSA) is 21.3 Å². The zero-order valence-corrected chi connectivity index (χ0v) is 12.8. The van der Waals surface area contributed by atoms with E-state index in [2.05, 4.69) is 24.4 Å². The van der Waals surface area contributed by atoms with Crippen LogP contribution in [0.2, 0.25) is 0 Å². The van der Waals surface area contributed by atoms with Crippen LogP contribution in [0.25, 0.3) is 0 Å². The molecular formula is C16H25NOS. The van der Waals surface area contributed by atoms with Crippen molar-refractivity contribution in [2.75, 3.05) is 19.4 Å². The highest BCUT2D eigenvalue weighted by Gasteiger charge is 2.15. The van der Waals surface area contributed by atoms with Gasteiger partial charge in [0, 0.05) is 16.7 Å². The number of methoxy groups -OCH3 is 1. The molecule has 1 aromatic rings. The fourth-order valence-electron chi connectivity index (χ4n) is 2.53. The third-order valence-corrected chi connectivity index (χ3v) is 5.09. The Hall–Kier alpha value is -0.670. The SMILES string of the molecule is COc1ccccc1SCC(C)CNC1CCCC1. The molecule has 1 fully saturated rings. The van der Waals surface area contributed by atoms with Gasteiger partial charge in [-0.3, -0.25) is 0 Å². The minimum Gasteiger partial charge on any atom is -0.496 e. The first-order valence-electron chi connectivity index (χ1n) is 7.29. The van der Waals surface area contributed by atoms with E-state index in [0.717, 1.165) is 24.1 Å². The van der Waals surface area contributed by atoms with Crippen molar-refractivity contribution in [1.29, 1.82) is 0 Å². The summed E-state index contributed by atoms with van der Waals surface area (Å²) in [7, 11) is 1.74. The van der Waals surface area contributed by atoms with E-state index in [-0.39, 0.29) is 0 Å². The number of hydrogen-bond donors (Lipinski definition) is 1. The van der Waals surface area contributed by atoms with Crippen molar-refractivity contribution in [2.45, 2.75) is 43.5 Å². The van der Waals surface area contributed by atoms with Crippen molar-refractivity contribution >= 4 is 11.8 Å². The molecule has 1 saturated carbocycles. The summed E-state index contributed by atoms with van der Waals surface area (Å²) in [6, 6.07) is 9.05. The Balaban J connectivity index is 1.71. The molecule has 1 atom stereocenters. The maximum absolute atomic E-state index is 5.38. The number of hydrogen-bond acceptors (Lipinski definition) is 3. The summed E-state index contributed by atoms with van der Waals surface area (Å²) in [4.78, 5) is 1.25. The lowest BCUT2D eigenvalue weighted by atomic mass is 10.2. The zero-order valence-electron chi connectivity index (χ0n) is 12.0. The predicted molar refractivity (Wildman–Crippen MR) is 83.1 cm³/mol. The molecule has 3 heteroatoms. The first-order valence-corrected chi connectivity index (χ1v) is 8.27. The fourth-order valence-corrected chi connectivity index (χ4v) is 3.58. The van der Waals surface area contributed by atoms with Gasteiger partial charge in [-0.25, -0.2) is 0 Å². The van der Waals surface area contributed by atoms with Gasteiger partial charge >= 0.3 is 0 Å². The van der Waals surface area contributed by atoms with Gasteiger partial charge in [0.15, 0.2) is 0 Å². The smallest absolute Gasteiger partial charge is 0.132 e. The summed E-state index contributed by atoms with van der Waals surface area (Å²) in [6.07, 6.45) is 5.54. The van der Waals surface area contributed by atoms with Crippen LogP contribution in [0.1, 0.15) is 32.6 Å². The minimum absolute atomic E-state index is 0.690. The molecule has 0 radical (unpaired) electrons. The van der Waals surface area contributed by atoms with Crippen molar-refractivity contribution < 1.29 is 4.74 Å². The normalized spacial score (nSPS) is 17.6. The molecule has 0 aliphatic heterocycles. The highest BCUT2D eigenvalue weighted by Crippen LogP contribution is 2.30. The summed E-state index contributed by atoms with van der Waals surface area (Å²) in [5.41, 5.74) is 0. The predicted octanol–water partition coefficient (Wildman–Crippen LogP) is 3.96. The molecule has 1 aliphatic carbocycles. The van der Waals surface area contributed by atoms with E-state index in [4.69, 9.17) is 4.74 Å². The quantitative estimate of drug-likeness (QED) is 0.763. The Morgan fingerprint density at radius 1 is 1.32 bits per heavy atom. The average Bonchev–Trinajstić information content (AvgIpc) is 2.96. The lowest BCUT2D eigenvalue weighted by Crippen LogP contribution is -2.31. The largest absolute Gasteiger partial charge is 0.496 e. The van der Waals surface area contributed by atoms with Crippen LogP contribution in [0.4, 0.5) is 0 Å². The van der Waals surface area contributed by atoms with Crippen molar-refractivity contribution in [2.24, 2.45) is 5.92 Å². The van der Waals surface area contributed by atoms with Crippen molar-refractivity contribution in [1.82, 2.24) is 5.32 Å². The Kier molecular flexibility index (Phi) is 6.05. The molecular weight excluding hydrogens is 254 g/mol. The third kappa shape index (κ3) is 4.73. The summed E-state index contributed by atoms with van der Waals surface area (Å²) in [5.74, 6) is 2.82. The van der Waals surface area contributed by atoms with Crippen LogP contribution in [0.15, 0.2) is 29.2 Å². The fraction of sp³-hybridized carbons (Fsp3) is 0.625. The summed E-state index contributed by atoms with van der Waals surface area (Å²) in [5, 5.41) is 3.70. The third-order valence-electron chi connectivity index (χ3n) is 3.70. The number of para-hydroxylation sites is 1. The first-order chi connectivity index (χ1) is 9.29. The lowest BCUT2D eigenvalue weighted by molar-refractivity contribution is 0.404. The van der Waals surface area contributed by atoms with Crippen LogP contribution in [-0.2, 0) is 0 Å². The van der Waals surface area contributed by atoms with E-state index >= 15 is 0 Å². The van der Waals surface area contributed by atoms with Gasteiger partial charge in [-0.2, -0.15) is 0 Å². The molecule has 1 aromatic carbocycles. The number of thioether (sulfide) groups is 1. The standard InChI is InChI=1S/C16H25NOS/c1-13(11-17-14-7-3-4-8-14)12-19-16-10-6-5-9-15(16)18-2/h5-6,9-10,13-14,17H,3-4,7-8,11-12H2,1-2H3. The van der Waals surface area contributed by atoms with Crippen LogP contribution in [0, 0.1) is 5.92 Å². The van der Waals surface area contributed by atoms with Crippen LogP contribution in [0.5, 0.6) is 5.75 Å². The van der Waals surface area contributed by atoms with E-state index in [1.54, 1.807) is 7.11 Å². The minimum atomic E-state index is 0.690. The molecule has 2 rings (SSSR count). The number of ether oxygens (including phenoxy) is 1. The van der Waals surface area contributed by atoms with Gasteiger partial charge in [-0.1, -0.05) is 31.9 Å². The molecule has 0 bridgehead atoms. The molecule has 1 N–H and O–H groups in total. The van der Waals surface area contributed by atoms with Crippen molar-refractivity contribution in [3.63, 3.8) is 0 Å². The van der Waals surface area contributed by atoms with Gasteiger partial charge in [0.05, 0.1) is 7.11 Å². The van der Waals surface area contributed by atoms with Gasteiger partial charge < -0.3 is 10.1 Å². The van der Waals surface area contributed by atoms with Gasteiger partial charge in [0.2, 0.25) is 0 Å². The second-order valence-corrected chi connectivity index (χ2v) is 6.52. The first kappa shape index (κ1) is 14.7. The van der Waals surface area contributed by atoms with Crippen LogP contribution in [0.3, 0.4) is 0 Å².